The van der Waals surface area contributed by atoms with Crippen molar-refractivity contribution in [1.29, 1.82) is 0 Å². The largest absolute Gasteiger partial charge is 0.399 e. The summed E-state index contributed by atoms with van der Waals surface area (Å²) in [7, 11) is 0. The summed E-state index contributed by atoms with van der Waals surface area (Å²) >= 11 is 3.93. The van der Waals surface area contributed by atoms with Gasteiger partial charge in [0.25, 0.3) is 0 Å². The van der Waals surface area contributed by atoms with Crippen LogP contribution in [0.25, 0.3) is 0 Å². The van der Waals surface area contributed by atoms with E-state index in [9.17, 15) is 0 Å². The van der Waals surface area contributed by atoms with Crippen LogP contribution in [0.15, 0.2) is 28.8 Å². The maximum absolute atomic E-state index is 5.79. The molecule has 1 aromatic carbocycles. The Hall–Kier alpha value is -1.14. The molecule has 1 saturated heterocycles. The van der Waals surface area contributed by atoms with Gasteiger partial charge in [-0.25, -0.2) is 0 Å². The van der Waals surface area contributed by atoms with Gasteiger partial charge in [0.15, 0.2) is 5.82 Å². The predicted molar refractivity (Wildman–Crippen MR) is 89.7 cm³/mol. The minimum absolute atomic E-state index is 0.333. The molecule has 21 heavy (non-hydrogen) atoms. The molecule has 1 aromatic heterocycles. The second kappa shape index (κ2) is 6.32. The van der Waals surface area contributed by atoms with E-state index in [1.807, 2.05) is 47.8 Å². The topological polar surface area (TPSA) is 64.9 Å². The van der Waals surface area contributed by atoms with Gasteiger partial charge in [0.1, 0.15) is 0 Å². The van der Waals surface area contributed by atoms with Gasteiger partial charge in [-0.05, 0) is 17.7 Å². The molecule has 2 heterocycles. The maximum Gasteiger partial charge on any atom is 0.231 e. The third-order valence-electron chi connectivity index (χ3n) is 3.63. The molecule has 112 valence electrons. The van der Waals surface area contributed by atoms with Crippen molar-refractivity contribution < 1.29 is 4.52 Å². The lowest BCUT2D eigenvalue weighted by atomic mass is 10.1. The fourth-order valence-corrected chi connectivity index (χ4v) is 5.10. The van der Waals surface area contributed by atoms with Gasteiger partial charge in [-0.15, -0.1) is 11.8 Å². The summed E-state index contributed by atoms with van der Waals surface area (Å²) in [5, 5.41) is 5.80. The molecular formula is C15H19N3OS2. The lowest BCUT2D eigenvalue weighted by Crippen LogP contribution is -2.22. The van der Waals surface area contributed by atoms with Crippen molar-refractivity contribution in [2.75, 3.05) is 11.5 Å². The molecule has 0 amide bonds. The van der Waals surface area contributed by atoms with Crippen LogP contribution in [0.1, 0.15) is 36.4 Å². The van der Waals surface area contributed by atoms with Crippen LogP contribution in [-0.4, -0.2) is 26.4 Å². The van der Waals surface area contributed by atoms with E-state index < -0.39 is 0 Å². The van der Waals surface area contributed by atoms with Crippen molar-refractivity contribution in [2.24, 2.45) is 0 Å². The van der Waals surface area contributed by atoms with Gasteiger partial charge in [-0.2, -0.15) is 16.7 Å². The first-order chi connectivity index (χ1) is 10.1. The number of hydrogen-bond donors (Lipinski definition) is 1. The van der Waals surface area contributed by atoms with E-state index in [0.717, 1.165) is 22.8 Å². The lowest BCUT2D eigenvalue weighted by Gasteiger charge is -2.29. The Balaban J connectivity index is 1.69. The van der Waals surface area contributed by atoms with Gasteiger partial charge in [-0.1, -0.05) is 31.1 Å². The molecule has 3 atom stereocenters. The molecule has 6 heteroatoms. The van der Waals surface area contributed by atoms with Crippen LogP contribution in [0, 0.1) is 0 Å². The average molecular weight is 321 g/mol. The first kappa shape index (κ1) is 14.8. The summed E-state index contributed by atoms with van der Waals surface area (Å²) in [4.78, 5) is 4.57. The minimum atomic E-state index is 0.333. The van der Waals surface area contributed by atoms with Crippen molar-refractivity contribution in [3.05, 3.63) is 41.5 Å². The molecule has 0 radical (unpaired) electrons. The molecule has 1 aliphatic rings. The number of benzene rings is 1. The maximum atomic E-state index is 5.79. The Labute approximate surface area is 133 Å². The normalized spacial score (nSPS) is 25.9. The fraction of sp³-hybridized carbons (Fsp3) is 0.467. The Kier molecular flexibility index (Phi) is 4.45. The smallest absolute Gasteiger partial charge is 0.231 e. The zero-order valence-electron chi connectivity index (χ0n) is 12.2. The molecule has 1 aliphatic heterocycles. The van der Waals surface area contributed by atoms with Crippen LogP contribution >= 0.6 is 23.5 Å². The highest BCUT2D eigenvalue weighted by Crippen LogP contribution is 2.43. The summed E-state index contributed by atoms with van der Waals surface area (Å²) in [5.74, 6) is 2.53. The highest BCUT2D eigenvalue weighted by atomic mass is 32.2. The van der Waals surface area contributed by atoms with Crippen LogP contribution in [0.2, 0.25) is 0 Å². The Morgan fingerprint density at radius 2 is 2.19 bits per heavy atom. The molecule has 0 saturated carbocycles. The molecule has 4 nitrogen and oxygen atoms in total. The zero-order chi connectivity index (χ0) is 14.8. The SMILES string of the molecule is CC1SCC(c2noc(Cc3cccc(N)c3)n2)SC1C. The van der Waals surface area contributed by atoms with Crippen LogP contribution in [0.5, 0.6) is 0 Å². The number of hydrogen-bond acceptors (Lipinski definition) is 6. The van der Waals surface area contributed by atoms with Gasteiger partial charge >= 0.3 is 0 Å². The second-order valence-electron chi connectivity index (χ2n) is 5.34. The monoisotopic (exact) mass is 321 g/mol. The number of anilines is 1. The summed E-state index contributed by atoms with van der Waals surface area (Å²) in [5.41, 5.74) is 7.64. The van der Waals surface area contributed by atoms with Gasteiger partial charge < -0.3 is 10.3 Å². The first-order valence-electron chi connectivity index (χ1n) is 7.06. The predicted octanol–water partition coefficient (Wildman–Crippen LogP) is 3.54. The molecule has 2 aromatic rings. The number of rotatable bonds is 3. The quantitative estimate of drug-likeness (QED) is 0.872. The van der Waals surface area contributed by atoms with Crippen LogP contribution < -0.4 is 5.73 Å². The van der Waals surface area contributed by atoms with Gasteiger partial charge in [-0.3, -0.25) is 0 Å². The Morgan fingerprint density at radius 3 is 2.95 bits per heavy atom. The fourth-order valence-electron chi connectivity index (χ4n) is 2.27. The molecule has 0 bridgehead atoms. The third-order valence-corrected chi connectivity index (χ3v) is 7.02. The molecule has 0 spiro atoms. The summed E-state index contributed by atoms with van der Waals surface area (Å²) in [6, 6.07) is 7.79. The number of aromatic nitrogens is 2. The van der Waals surface area contributed by atoms with Gasteiger partial charge in [0.2, 0.25) is 5.89 Å². The molecule has 3 unspecified atom stereocenters. The second-order valence-corrected chi connectivity index (χ2v) is 8.33. The highest BCUT2D eigenvalue weighted by molar-refractivity contribution is 8.07. The van der Waals surface area contributed by atoms with E-state index in [1.165, 1.54) is 0 Å². The van der Waals surface area contributed by atoms with Gasteiger partial charge in [0.05, 0.1) is 11.7 Å². The van der Waals surface area contributed by atoms with Crippen molar-refractivity contribution in [3.8, 4) is 0 Å². The lowest BCUT2D eigenvalue weighted by molar-refractivity contribution is 0.379. The number of nitrogens with zero attached hydrogens (tertiary/aromatic N) is 2. The van der Waals surface area contributed by atoms with E-state index in [4.69, 9.17) is 10.3 Å². The Morgan fingerprint density at radius 1 is 1.33 bits per heavy atom. The van der Waals surface area contributed by atoms with E-state index in [1.54, 1.807) is 0 Å². The molecular weight excluding hydrogens is 302 g/mol. The van der Waals surface area contributed by atoms with E-state index >= 15 is 0 Å². The standard InChI is InChI=1S/C15H19N3OS2/c1-9-10(2)21-13(8-20-9)15-17-14(19-18-15)7-11-4-3-5-12(16)6-11/h3-6,9-10,13H,7-8,16H2,1-2H3. The summed E-state index contributed by atoms with van der Waals surface area (Å²) < 4.78 is 5.40. The number of nitrogen functional groups attached to an aromatic ring is 1. The molecule has 3 rings (SSSR count). The Bertz CT molecular complexity index is 616. The highest BCUT2D eigenvalue weighted by Gasteiger charge is 2.29. The van der Waals surface area contributed by atoms with Crippen molar-refractivity contribution in [1.82, 2.24) is 10.1 Å². The number of thioether (sulfide) groups is 2. The van der Waals surface area contributed by atoms with Gasteiger partial charge in [0, 0.05) is 21.9 Å². The zero-order valence-corrected chi connectivity index (χ0v) is 13.8. The first-order valence-corrected chi connectivity index (χ1v) is 9.05. The van der Waals surface area contributed by atoms with Crippen molar-refractivity contribution >= 4 is 29.2 Å². The molecule has 0 aliphatic carbocycles. The van der Waals surface area contributed by atoms with E-state index in [2.05, 4.69) is 24.0 Å². The minimum Gasteiger partial charge on any atom is -0.399 e. The average Bonchev–Trinajstić information content (AvgIpc) is 2.90. The number of nitrogens with two attached hydrogens (primary N) is 1. The van der Waals surface area contributed by atoms with E-state index in [-0.39, 0.29) is 0 Å². The summed E-state index contributed by atoms with van der Waals surface area (Å²) in [6.45, 7) is 4.54. The van der Waals surface area contributed by atoms with Crippen LogP contribution in [0.3, 0.4) is 0 Å². The van der Waals surface area contributed by atoms with Crippen molar-refractivity contribution in [2.45, 2.75) is 36.0 Å². The molecule has 1 fully saturated rings. The van der Waals surface area contributed by atoms with E-state index in [0.29, 0.717) is 28.1 Å². The summed E-state index contributed by atoms with van der Waals surface area (Å²) in [6.07, 6.45) is 0.633. The molecule has 2 N–H and O–H groups in total. The van der Waals surface area contributed by atoms with Crippen molar-refractivity contribution in [3.63, 3.8) is 0 Å². The third kappa shape index (κ3) is 3.55. The van der Waals surface area contributed by atoms with Crippen LogP contribution in [-0.2, 0) is 6.42 Å². The van der Waals surface area contributed by atoms with Crippen LogP contribution in [0.4, 0.5) is 5.69 Å².